The number of carbonyl (C=O) groups excluding carboxylic acids is 1. The minimum Gasteiger partial charge on any atom is -0.464 e. The molecule has 15 heavy (non-hydrogen) atoms. The molecule has 2 aromatic heterocycles. The van der Waals surface area contributed by atoms with Gasteiger partial charge in [-0.2, -0.15) is 0 Å². The van der Waals surface area contributed by atoms with E-state index in [2.05, 4.69) is 14.7 Å². The van der Waals surface area contributed by atoms with Crippen LogP contribution in [-0.2, 0) is 4.74 Å². The first-order valence-corrected chi connectivity index (χ1v) is 4.80. The van der Waals surface area contributed by atoms with Gasteiger partial charge >= 0.3 is 5.97 Å². The zero-order chi connectivity index (χ0) is 11.0. The summed E-state index contributed by atoms with van der Waals surface area (Å²) < 4.78 is 4.57. The summed E-state index contributed by atoms with van der Waals surface area (Å²) in [5.41, 5.74) is 0.961. The molecule has 4 nitrogen and oxygen atoms in total. The van der Waals surface area contributed by atoms with Crippen molar-refractivity contribution in [2.75, 3.05) is 7.11 Å². The van der Waals surface area contributed by atoms with E-state index in [1.54, 1.807) is 6.07 Å². The van der Waals surface area contributed by atoms with E-state index in [0.717, 1.165) is 0 Å². The Bertz CT molecular complexity index is 536. The minimum atomic E-state index is -0.460. The molecule has 2 rings (SSSR count). The summed E-state index contributed by atoms with van der Waals surface area (Å²) in [6.45, 7) is 0. The van der Waals surface area contributed by atoms with Crippen LogP contribution in [0.4, 0.5) is 0 Å². The quantitative estimate of drug-likeness (QED) is 0.620. The highest BCUT2D eigenvalue weighted by atomic mass is 35.5. The zero-order valence-electron chi connectivity index (χ0n) is 7.67. The van der Waals surface area contributed by atoms with E-state index < -0.39 is 5.97 Å². The van der Waals surface area contributed by atoms with Crippen LogP contribution in [-0.4, -0.2) is 23.0 Å². The standard InChI is InChI=1S/C9H6Cl2N2O2/c1-15-9(14)5-2-4-6(13-5)3-12-8(11)7(4)10/h2-3,13H,1H3. The van der Waals surface area contributed by atoms with Gasteiger partial charge in [0.05, 0.1) is 23.8 Å². The van der Waals surface area contributed by atoms with Gasteiger partial charge in [0.25, 0.3) is 0 Å². The Hall–Kier alpha value is -1.26. The number of esters is 1. The number of carbonyl (C=O) groups is 1. The van der Waals surface area contributed by atoms with Gasteiger partial charge in [-0.05, 0) is 6.07 Å². The first-order valence-electron chi connectivity index (χ1n) is 4.04. The predicted molar refractivity (Wildman–Crippen MR) is 57.5 cm³/mol. The van der Waals surface area contributed by atoms with Crippen molar-refractivity contribution in [2.45, 2.75) is 0 Å². The van der Waals surface area contributed by atoms with Gasteiger partial charge in [-0.3, -0.25) is 0 Å². The highest BCUT2D eigenvalue weighted by Gasteiger charge is 2.13. The number of methoxy groups -OCH3 is 1. The second-order valence-electron chi connectivity index (χ2n) is 2.86. The lowest BCUT2D eigenvalue weighted by Crippen LogP contribution is -2.00. The zero-order valence-corrected chi connectivity index (χ0v) is 9.19. The highest BCUT2D eigenvalue weighted by molar-refractivity contribution is 6.44. The summed E-state index contributed by atoms with van der Waals surface area (Å²) in [5.74, 6) is -0.460. The number of nitrogens with zero attached hydrogens (tertiary/aromatic N) is 1. The molecule has 0 atom stereocenters. The third-order valence-corrected chi connectivity index (χ3v) is 2.74. The van der Waals surface area contributed by atoms with Crippen molar-refractivity contribution in [2.24, 2.45) is 0 Å². The maximum atomic E-state index is 11.2. The average molecular weight is 245 g/mol. The highest BCUT2D eigenvalue weighted by Crippen LogP contribution is 2.29. The third-order valence-electron chi connectivity index (χ3n) is 1.98. The molecular formula is C9H6Cl2N2O2. The predicted octanol–water partition coefficient (Wildman–Crippen LogP) is 2.66. The normalized spacial score (nSPS) is 10.6. The average Bonchev–Trinajstić information content (AvgIpc) is 2.67. The van der Waals surface area contributed by atoms with Gasteiger partial charge in [-0.15, -0.1) is 0 Å². The van der Waals surface area contributed by atoms with Crippen molar-refractivity contribution >= 4 is 40.1 Å². The summed E-state index contributed by atoms with van der Waals surface area (Å²) in [6, 6.07) is 1.58. The van der Waals surface area contributed by atoms with Gasteiger partial charge < -0.3 is 9.72 Å². The molecule has 0 unspecified atom stereocenters. The molecular weight excluding hydrogens is 239 g/mol. The molecule has 0 fully saturated rings. The Kier molecular flexibility index (Phi) is 2.54. The van der Waals surface area contributed by atoms with Crippen molar-refractivity contribution in [1.82, 2.24) is 9.97 Å². The van der Waals surface area contributed by atoms with Crippen molar-refractivity contribution in [1.29, 1.82) is 0 Å². The van der Waals surface area contributed by atoms with Crippen LogP contribution < -0.4 is 0 Å². The van der Waals surface area contributed by atoms with Gasteiger partial charge in [-0.25, -0.2) is 9.78 Å². The van der Waals surface area contributed by atoms with E-state index in [0.29, 0.717) is 21.6 Å². The largest absolute Gasteiger partial charge is 0.464 e. The van der Waals surface area contributed by atoms with E-state index in [1.165, 1.54) is 13.3 Å². The summed E-state index contributed by atoms with van der Waals surface area (Å²) >= 11 is 11.7. The molecule has 0 aliphatic heterocycles. The van der Waals surface area contributed by atoms with E-state index in [1.807, 2.05) is 0 Å². The molecule has 1 N–H and O–H groups in total. The Balaban J connectivity index is 2.66. The number of rotatable bonds is 1. The lowest BCUT2D eigenvalue weighted by molar-refractivity contribution is 0.0595. The molecule has 0 aromatic carbocycles. The molecule has 0 bridgehead atoms. The fourth-order valence-electron chi connectivity index (χ4n) is 1.26. The smallest absolute Gasteiger partial charge is 0.354 e. The molecule has 78 valence electrons. The third kappa shape index (κ3) is 1.66. The summed E-state index contributed by atoms with van der Waals surface area (Å²) in [6.07, 6.45) is 1.51. The van der Waals surface area contributed by atoms with Crippen LogP contribution >= 0.6 is 23.2 Å². The van der Waals surface area contributed by atoms with Gasteiger partial charge in [0, 0.05) is 5.39 Å². The number of fused-ring (bicyclic) bond motifs is 1. The van der Waals surface area contributed by atoms with Gasteiger partial charge in [-0.1, -0.05) is 23.2 Å². The Labute approximate surface area is 95.2 Å². The summed E-state index contributed by atoms with van der Waals surface area (Å²) in [7, 11) is 1.31. The van der Waals surface area contributed by atoms with Crippen LogP contribution in [0.5, 0.6) is 0 Å². The molecule has 0 radical (unpaired) electrons. The fourth-order valence-corrected chi connectivity index (χ4v) is 1.62. The topological polar surface area (TPSA) is 55.0 Å². The van der Waals surface area contributed by atoms with Crippen molar-refractivity contribution in [3.63, 3.8) is 0 Å². The number of halogens is 2. The molecule has 0 saturated heterocycles. The minimum absolute atomic E-state index is 0.208. The number of pyridine rings is 1. The van der Waals surface area contributed by atoms with Crippen LogP contribution in [0.15, 0.2) is 12.3 Å². The van der Waals surface area contributed by atoms with Crippen LogP contribution in [0.1, 0.15) is 10.5 Å². The second kappa shape index (κ2) is 3.72. The number of hydrogen-bond donors (Lipinski definition) is 1. The van der Waals surface area contributed by atoms with Crippen molar-refractivity contribution in [3.8, 4) is 0 Å². The summed E-state index contributed by atoms with van der Waals surface area (Å²) in [4.78, 5) is 17.9. The molecule has 6 heteroatoms. The monoisotopic (exact) mass is 244 g/mol. The van der Waals surface area contributed by atoms with Gasteiger partial charge in [0.1, 0.15) is 10.8 Å². The molecule has 0 saturated carbocycles. The van der Waals surface area contributed by atoms with E-state index >= 15 is 0 Å². The molecule has 0 amide bonds. The Morgan fingerprint density at radius 3 is 2.93 bits per heavy atom. The number of hydrogen-bond acceptors (Lipinski definition) is 3. The van der Waals surface area contributed by atoms with Crippen LogP contribution in [0, 0.1) is 0 Å². The van der Waals surface area contributed by atoms with Crippen LogP contribution in [0.2, 0.25) is 10.2 Å². The SMILES string of the molecule is COC(=O)c1cc2c(Cl)c(Cl)ncc2[nH]1. The van der Waals surface area contributed by atoms with E-state index in [9.17, 15) is 4.79 Å². The number of aromatic nitrogens is 2. The molecule has 2 heterocycles. The van der Waals surface area contributed by atoms with E-state index in [-0.39, 0.29) is 5.15 Å². The lowest BCUT2D eigenvalue weighted by atomic mass is 10.3. The van der Waals surface area contributed by atoms with Gasteiger partial charge in [0.2, 0.25) is 0 Å². The molecule has 2 aromatic rings. The van der Waals surface area contributed by atoms with Gasteiger partial charge in [0.15, 0.2) is 0 Å². The van der Waals surface area contributed by atoms with Crippen LogP contribution in [0.3, 0.4) is 0 Å². The number of nitrogens with one attached hydrogen (secondary N) is 1. The first-order chi connectivity index (χ1) is 7.13. The number of H-pyrrole nitrogens is 1. The van der Waals surface area contributed by atoms with E-state index in [4.69, 9.17) is 23.2 Å². The molecule has 0 aliphatic carbocycles. The first kappa shape index (κ1) is 10.3. The Morgan fingerprint density at radius 2 is 2.27 bits per heavy atom. The number of aromatic amines is 1. The maximum Gasteiger partial charge on any atom is 0.354 e. The fraction of sp³-hybridized carbons (Fsp3) is 0.111. The molecule has 0 spiro atoms. The lowest BCUT2D eigenvalue weighted by Gasteiger charge is -1.94. The maximum absolute atomic E-state index is 11.2. The van der Waals surface area contributed by atoms with Crippen molar-refractivity contribution in [3.05, 3.63) is 28.1 Å². The molecule has 0 aliphatic rings. The van der Waals surface area contributed by atoms with Crippen molar-refractivity contribution < 1.29 is 9.53 Å². The Morgan fingerprint density at radius 1 is 1.53 bits per heavy atom. The van der Waals surface area contributed by atoms with Crippen LogP contribution in [0.25, 0.3) is 10.9 Å². The summed E-state index contributed by atoms with van der Waals surface area (Å²) in [5, 5.41) is 1.18. The number of ether oxygens (including phenoxy) is 1. The second-order valence-corrected chi connectivity index (χ2v) is 3.60.